The van der Waals surface area contributed by atoms with Crippen molar-refractivity contribution >= 4 is 60.9 Å². The summed E-state index contributed by atoms with van der Waals surface area (Å²) in [6.07, 6.45) is 2.40. The van der Waals surface area contributed by atoms with Gasteiger partial charge in [-0.05, 0) is 94.4 Å². The molecular formula is C36H34BNS. The lowest BCUT2D eigenvalue weighted by molar-refractivity contribution is 0.591. The average Bonchev–Trinajstić information content (AvgIpc) is 3.25. The van der Waals surface area contributed by atoms with Crippen LogP contribution in [0.5, 0.6) is 0 Å². The van der Waals surface area contributed by atoms with Gasteiger partial charge in [0.05, 0.1) is 5.69 Å². The van der Waals surface area contributed by atoms with E-state index in [1.807, 2.05) is 11.3 Å². The molecule has 1 nitrogen and oxygen atoms in total. The molecule has 5 aromatic rings. The molecule has 4 aromatic carbocycles. The quantitative estimate of drug-likeness (QED) is 0.201. The van der Waals surface area contributed by atoms with E-state index in [0.29, 0.717) is 0 Å². The van der Waals surface area contributed by atoms with E-state index in [0.717, 1.165) is 0 Å². The van der Waals surface area contributed by atoms with Crippen molar-refractivity contribution in [3.63, 3.8) is 0 Å². The van der Waals surface area contributed by atoms with Gasteiger partial charge in [-0.3, -0.25) is 0 Å². The third kappa shape index (κ3) is 3.14. The zero-order valence-corrected chi connectivity index (χ0v) is 24.6. The fourth-order valence-electron chi connectivity index (χ4n) is 7.38. The van der Waals surface area contributed by atoms with Gasteiger partial charge in [-0.2, -0.15) is 0 Å². The number of hydrogen-bond donors (Lipinski definition) is 0. The summed E-state index contributed by atoms with van der Waals surface area (Å²) in [6, 6.07) is 28.6. The molecule has 1 aromatic heterocycles. The number of rotatable bonds is 1. The minimum Gasteiger partial charge on any atom is -0.310 e. The molecule has 0 unspecified atom stereocenters. The van der Waals surface area contributed by atoms with Gasteiger partial charge in [-0.1, -0.05) is 82.5 Å². The standard InChI is InChI=1S/C36H34BNS/c1-21-17-28-32-30(18-21)38(25-15-13-22-11-12-23(22)19-25)33-26-20-24(35(2,3)4)14-16-31(26)39-34(33)37(32)29-10-8-7-9-27(29)36(28,5)6/h7-10,13-20H,11-12H2,1-6H3. The number of fused-ring (bicyclic) bond motifs is 7. The molecule has 0 atom stereocenters. The van der Waals surface area contributed by atoms with E-state index in [-0.39, 0.29) is 17.5 Å². The Morgan fingerprint density at radius 2 is 1.64 bits per heavy atom. The van der Waals surface area contributed by atoms with E-state index in [1.165, 1.54) is 89.1 Å². The minimum absolute atomic E-state index is 0.0527. The zero-order chi connectivity index (χ0) is 26.8. The smallest absolute Gasteiger partial charge is 0.260 e. The van der Waals surface area contributed by atoms with Crippen LogP contribution in [-0.2, 0) is 23.7 Å². The summed E-state index contributed by atoms with van der Waals surface area (Å²) < 4.78 is 2.87. The predicted octanol–water partition coefficient (Wildman–Crippen LogP) is 7.54. The largest absolute Gasteiger partial charge is 0.310 e. The van der Waals surface area contributed by atoms with Gasteiger partial charge in [0.2, 0.25) is 0 Å². The molecule has 0 saturated carbocycles. The van der Waals surface area contributed by atoms with E-state index < -0.39 is 0 Å². The Bertz CT molecular complexity index is 1850. The molecular weight excluding hydrogens is 489 g/mol. The highest BCUT2D eigenvalue weighted by Gasteiger charge is 2.47. The van der Waals surface area contributed by atoms with Crippen molar-refractivity contribution in [1.82, 2.24) is 0 Å². The first-order valence-corrected chi connectivity index (χ1v) is 15.2. The highest BCUT2D eigenvalue weighted by Crippen LogP contribution is 2.48. The lowest BCUT2D eigenvalue weighted by Gasteiger charge is -2.45. The normalized spacial score (nSPS) is 16.4. The second-order valence-electron chi connectivity index (χ2n) is 13.5. The number of nitrogens with zero attached hydrogens (tertiary/aromatic N) is 1. The van der Waals surface area contributed by atoms with E-state index in [9.17, 15) is 0 Å². The van der Waals surface area contributed by atoms with Crippen molar-refractivity contribution in [2.45, 2.75) is 65.2 Å². The Hall–Kier alpha value is -3.30. The van der Waals surface area contributed by atoms with Crippen LogP contribution in [0.2, 0.25) is 0 Å². The van der Waals surface area contributed by atoms with Crippen LogP contribution in [0.3, 0.4) is 0 Å². The Morgan fingerprint density at radius 3 is 2.38 bits per heavy atom. The maximum absolute atomic E-state index is 2.63. The first-order valence-electron chi connectivity index (χ1n) is 14.4. The number of hydrogen-bond acceptors (Lipinski definition) is 2. The van der Waals surface area contributed by atoms with Gasteiger partial charge in [0.1, 0.15) is 0 Å². The molecule has 3 heterocycles. The summed E-state index contributed by atoms with van der Waals surface area (Å²) in [7, 11) is 0. The molecule has 0 saturated heterocycles. The first kappa shape index (κ1) is 23.6. The van der Waals surface area contributed by atoms with Crippen molar-refractivity contribution in [2.24, 2.45) is 0 Å². The second-order valence-corrected chi connectivity index (χ2v) is 14.5. The summed E-state index contributed by atoms with van der Waals surface area (Å²) in [4.78, 5) is 2.63. The molecule has 3 aliphatic rings. The van der Waals surface area contributed by atoms with Crippen LogP contribution in [0.25, 0.3) is 10.1 Å². The van der Waals surface area contributed by atoms with Crippen LogP contribution in [0.1, 0.15) is 68.0 Å². The highest BCUT2D eigenvalue weighted by atomic mass is 32.1. The molecule has 0 fully saturated rings. The predicted molar refractivity (Wildman–Crippen MR) is 171 cm³/mol. The highest BCUT2D eigenvalue weighted by molar-refractivity contribution is 7.33. The first-order chi connectivity index (χ1) is 18.6. The number of anilines is 3. The summed E-state index contributed by atoms with van der Waals surface area (Å²) in [5, 5.41) is 1.39. The SMILES string of the molecule is Cc1cc2c3c(c1)C(C)(C)c1ccccc1B3c1sc3ccc(C(C)(C)C)cc3c1N2c1ccc2c(c1)CC2. The molecule has 0 amide bonds. The van der Waals surface area contributed by atoms with Crippen LogP contribution < -0.4 is 20.6 Å². The molecule has 0 bridgehead atoms. The van der Waals surface area contributed by atoms with Crippen molar-refractivity contribution in [3.8, 4) is 0 Å². The van der Waals surface area contributed by atoms with Crippen molar-refractivity contribution in [3.05, 3.63) is 106 Å². The van der Waals surface area contributed by atoms with Gasteiger partial charge in [-0.25, -0.2) is 0 Å². The van der Waals surface area contributed by atoms with Gasteiger partial charge in [0, 0.05) is 31.7 Å². The maximum atomic E-state index is 2.63. The molecule has 39 heavy (non-hydrogen) atoms. The Labute approximate surface area is 236 Å². The number of thiophene rings is 1. The van der Waals surface area contributed by atoms with Crippen molar-refractivity contribution < 1.29 is 0 Å². The van der Waals surface area contributed by atoms with E-state index in [1.54, 1.807) is 0 Å². The van der Waals surface area contributed by atoms with Gasteiger partial charge in [-0.15, -0.1) is 11.3 Å². The van der Waals surface area contributed by atoms with E-state index in [2.05, 4.69) is 119 Å². The Kier molecular flexibility index (Phi) is 4.64. The van der Waals surface area contributed by atoms with Crippen LogP contribution in [0.15, 0.2) is 72.8 Å². The third-order valence-electron chi connectivity index (χ3n) is 9.60. The molecule has 3 heteroatoms. The van der Waals surface area contributed by atoms with Gasteiger partial charge < -0.3 is 4.90 Å². The molecule has 1 aliphatic carbocycles. The molecule has 0 N–H and O–H groups in total. The van der Waals surface area contributed by atoms with Crippen LogP contribution in [0.4, 0.5) is 17.1 Å². The molecule has 0 radical (unpaired) electrons. The lowest BCUT2D eigenvalue weighted by atomic mass is 9.32. The van der Waals surface area contributed by atoms with Crippen LogP contribution in [0, 0.1) is 6.92 Å². The molecule has 8 rings (SSSR count). The fourth-order valence-corrected chi connectivity index (χ4v) is 8.68. The monoisotopic (exact) mass is 523 g/mol. The zero-order valence-electron chi connectivity index (χ0n) is 23.8. The van der Waals surface area contributed by atoms with Crippen molar-refractivity contribution in [1.29, 1.82) is 0 Å². The van der Waals surface area contributed by atoms with Gasteiger partial charge in [0.15, 0.2) is 0 Å². The van der Waals surface area contributed by atoms with E-state index >= 15 is 0 Å². The summed E-state index contributed by atoms with van der Waals surface area (Å²) in [5.74, 6) is 0. The maximum Gasteiger partial charge on any atom is 0.260 e. The van der Waals surface area contributed by atoms with Gasteiger partial charge >= 0.3 is 0 Å². The Morgan fingerprint density at radius 1 is 0.846 bits per heavy atom. The summed E-state index contributed by atoms with van der Waals surface area (Å²) >= 11 is 2.00. The van der Waals surface area contributed by atoms with Crippen molar-refractivity contribution in [2.75, 3.05) is 4.90 Å². The number of benzene rings is 4. The fraction of sp³-hybridized carbons (Fsp3) is 0.278. The Balaban J connectivity index is 1.52. The van der Waals surface area contributed by atoms with Gasteiger partial charge in [0.25, 0.3) is 6.71 Å². The lowest BCUT2D eigenvalue weighted by Crippen LogP contribution is -2.63. The second kappa shape index (κ2) is 7.67. The van der Waals surface area contributed by atoms with E-state index in [4.69, 9.17) is 0 Å². The molecule has 0 spiro atoms. The summed E-state index contributed by atoms with van der Waals surface area (Å²) in [6.45, 7) is 14.3. The average molecular weight is 524 g/mol. The van der Waals surface area contributed by atoms with Crippen LogP contribution in [-0.4, -0.2) is 6.71 Å². The topological polar surface area (TPSA) is 3.24 Å². The van der Waals surface area contributed by atoms with Crippen LogP contribution >= 0.6 is 11.3 Å². The third-order valence-corrected chi connectivity index (χ3v) is 10.8. The molecule has 2 aliphatic heterocycles. The molecule has 192 valence electrons. The minimum atomic E-state index is -0.0527. The number of aryl methyl sites for hydroxylation is 3. The summed E-state index contributed by atoms with van der Waals surface area (Å²) in [5.41, 5.74) is 15.8.